The van der Waals surface area contributed by atoms with Crippen molar-refractivity contribution in [1.29, 1.82) is 0 Å². The molecule has 0 unspecified atom stereocenters. The van der Waals surface area contributed by atoms with Gasteiger partial charge in [0.1, 0.15) is 46.0 Å². The fourth-order valence-corrected chi connectivity index (χ4v) is 14.9. The van der Waals surface area contributed by atoms with Gasteiger partial charge in [0, 0.05) is 21.6 Å². The minimum atomic E-state index is -3.44. The number of halogens is 3. The number of carbonyl (C=O) groups is 6. The van der Waals surface area contributed by atoms with E-state index in [4.69, 9.17) is 42.1 Å². The lowest BCUT2D eigenvalue weighted by Gasteiger charge is -2.14. The smallest absolute Gasteiger partial charge is 0.311 e. The first-order valence-electron chi connectivity index (χ1n) is 39.5. The fourth-order valence-electron chi connectivity index (χ4n) is 13.2. The van der Waals surface area contributed by atoms with Gasteiger partial charge in [-0.15, -0.1) is 0 Å². The minimum absolute atomic E-state index is 0.0479. The molecule has 25 heteroatoms. The van der Waals surface area contributed by atoms with Crippen LogP contribution in [0.15, 0.2) is 325 Å². The maximum absolute atomic E-state index is 13.1. The fraction of sp³-hybridized carbons (Fsp3) is 0.0891. The summed E-state index contributed by atoms with van der Waals surface area (Å²) in [6.07, 6.45) is 1.94. The molecule has 0 saturated heterocycles. The van der Waals surface area contributed by atoms with E-state index in [9.17, 15) is 57.6 Å². The zero-order valence-corrected chi connectivity index (χ0v) is 72.5. The summed E-state index contributed by atoms with van der Waals surface area (Å²) in [4.78, 5) is 75.5. The van der Waals surface area contributed by atoms with Gasteiger partial charge in [0.05, 0.1) is 87.6 Å². The molecule has 0 radical (unpaired) electrons. The summed E-state index contributed by atoms with van der Waals surface area (Å²) >= 11 is 15.3. The Morgan fingerprint density at radius 1 is 0.341 bits per heavy atom. The Kier molecular flexibility index (Phi) is 30.4. The molecule has 0 spiro atoms. The van der Waals surface area contributed by atoms with Gasteiger partial charge in [-0.3, -0.25) is 28.8 Å². The molecule has 0 aliphatic heterocycles. The van der Waals surface area contributed by atoms with Gasteiger partial charge in [0.2, 0.25) is 0 Å². The lowest BCUT2D eigenvalue weighted by Crippen LogP contribution is -2.16. The van der Waals surface area contributed by atoms with Gasteiger partial charge in [-0.25, -0.2) is 8.42 Å². The average Bonchev–Trinajstić information content (AvgIpc) is 0.801. The minimum Gasteiger partial charge on any atom is -0.507 e. The first-order valence-corrected chi connectivity index (χ1v) is 42.7. The quantitative estimate of drug-likeness (QED) is 0.0253. The molecule has 9 N–H and O–H groups in total. The number of ether oxygens (including phenoxy) is 4. The van der Waals surface area contributed by atoms with E-state index in [-0.39, 0.29) is 90.7 Å². The highest BCUT2D eigenvalue weighted by molar-refractivity contribution is 9.10. The van der Waals surface area contributed by atoms with Crippen LogP contribution in [-0.2, 0) is 14.6 Å². The van der Waals surface area contributed by atoms with Crippen LogP contribution >= 0.6 is 39.1 Å². The van der Waals surface area contributed by atoms with E-state index in [1.807, 2.05) is 177 Å². The lowest BCUT2D eigenvalue weighted by atomic mass is 10.0. The van der Waals surface area contributed by atoms with E-state index < -0.39 is 27.6 Å². The SMILES string of the molecule is CCCCC(=O)Oc1cc2ccc(Br)cc2cc1C(=O)Nc1ccccc1OC.CCS(=O)(=O)c1ccc(OC)c(NC(=O)c2cc3ccccc3cc2O)c1.COc1ccc(-c2ccccc2)cc1NC(=O)c1cc2ccccc2cc1O.O=C(Nc1cccc(Cl)c1)c1cc2ccccc2cc1O.O=C(Nc1ccccc1Cl)c1cc2ccccc2cc1O. The number of benzene rings is 16. The number of phenolic OH excluding ortho intramolecular Hbond substituents is 4. The number of para-hydroxylation sites is 3. The molecule has 0 saturated carbocycles. The second-order valence-corrected chi connectivity index (χ2v) is 32.3. The molecular formula is C101H84BrCl2N5O16S. The molecular weight excluding hydrogens is 1720 g/mol. The highest BCUT2D eigenvalue weighted by Crippen LogP contribution is 2.38. The molecule has 0 heterocycles. The van der Waals surface area contributed by atoms with Gasteiger partial charge >= 0.3 is 5.97 Å². The van der Waals surface area contributed by atoms with Crippen molar-refractivity contribution in [3.05, 3.63) is 358 Å². The summed E-state index contributed by atoms with van der Waals surface area (Å²) in [5, 5.41) is 64.0. The number of esters is 1. The van der Waals surface area contributed by atoms with Crippen LogP contribution in [0.4, 0.5) is 28.4 Å². The van der Waals surface area contributed by atoms with Crippen LogP contribution in [0.25, 0.3) is 65.0 Å². The number of hydrogen-bond donors (Lipinski definition) is 9. The van der Waals surface area contributed by atoms with Gasteiger partial charge in [-0.1, -0.05) is 229 Å². The predicted octanol–water partition coefficient (Wildman–Crippen LogP) is 23.9. The van der Waals surface area contributed by atoms with Crippen molar-refractivity contribution in [2.45, 2.75) is 38.0 Å². The van der Waals surface area contributed by atoms with Crippen molar-refractivity contribution in [2.24, 2.45) is 0 Å². The highest BCUT2D eigenvalue weighted by atomic mass is 79.9. The summed E-state index contributed by atoms with van der Waals surface area (Å²) in [6.45, 7) is 3.55. The van der Waals surface area contributed by atoms with Crippen molar-refractivity contribution in [2.75, 3.05) is 53.7 Å². The van der Waals surface area contributed by atoms with Crippen LogP contribution in [0.3, 0.4) is 0 Å². The molecule has 16 aromatic rings. The van der Waals surface area contributed by atoms with E-state index in [0.29, 0.717) is 56.5 Å². The molecule has 16 rings (SSSR count). The number of sulfone groups is 1. The number of rotatable bonds is 20. The summed E-state index contributed by atoms with van der Waals surface area (Å²) in [5.41, 5.74) is 5.41. The topological polar surface area (TPSA) is 315 Å². The Balaban J connectivity index is 0.000000144. The maximum Gasteiger partial charge on any atom is 0.311 e. The third kappa shape index (κ3) is 23.1. The standard InChI is InChI=1S/C24H19NO3.C23H22BrNO4.C20H19NO5S.2C17H12ClNO2/c1-28-23-12-11-19(16-7-3-2-4-8-16)14-21(23)25-24(27)20-13-17-9-5-6-10-18(17)15-22(20)26;1-3-4-9-22(26)29-21-14-15-10-11-17(24)12-16(15)13-18(21)23(27)25-19-7-5-6-8-20(19)28-2;1-3-27(24,25)15-8-9-19(26-2)17(12-15)21-20(23)16-10-13-6-4-5-7-14(13)11-18(16)22;18-14-7-3-4-8-15(14)19-17(21)13-9-11-5-1-2-6-12(11)10-16(13)20;18-13-6-3-7-14(10-13)19-17(21)15-8-11-4-1-2-5-12(11)9-16(15)20/h2-15,26H,1H3,(H,25,27);5-8,10-14H,3-4,9H2,1-2H3,(H,25,27);4-12,22H,3H2,1-2H3,(H,21,23);2*1-10,20H,(H,19,21). The number of unbranched alkanes of at least 4 members (excludes halogenated alkanes) is 1. The second kappa shape index (κ2) is 42.4. The average molecular weight is 1810 g/mol. The molecule has 0 fully saturated rings. The molecule has 0 aromatic heterocycles. The van der Waals surface area contributed by atoms with Crippen LogP contribution in [-0.4, -0.2) is 91.4 Å². The Labute approximate surface area is 744 Å². The molecule has 636 valence electrons. The first-order chi connectivity index (χ1) is 60.8. The largest absolute Gasteiger partial charge is 0.507 e. The van der Waals surface area contributed by atoms with Gasteiger partial charge in [-0.05, 0) is 217 Å². The zero-order valence-electron chi connectivity index (χ0n) is 68.6. The number of methoxy groups -OCH3 is 3. The third-order valence-corrected chi connectivity index (χ3v) is 22.6. The van der Waals surface area contributed by atoms with E-state index in [2.05, 4.69) is 42.5 Å². The van der Waals surface area contributed by atoms with Crippen molar-refractivity contribution in [3.63, 3.8) is 0 Å². The second-order valence-electron chi connectivity index (χ2n) is 28.3. The van der Waals surface area contributed by atoms with Gasteiger partial charge in [0.15, 0.2) is 9.84 Å². The van der Waals surface area contributed by atoms with Crippen LogP contribution in [0.5, 0.6) is 46.0 Å². The Morgan fingerprint density at radius 2 is 0.738 bits per heavy atom. The highest BCUT2D eigenvalue weighted by Gasteiger charge is 2.24. The molecule has 0 atom stereocenters. The molecule has 126 heavy (non-hydrogen) atoms. The van der Waals surface area contributed by atoms with Gasteiger partial charge in [0.25, 0.3) is 29.5 Å². The van der Waals surface area contributed by atoms with Crippen LogP contribution < -0.4 is 45.5 Å². The summed E-state index contributed by atoms with van der Waals surface area (Å²) < 4.78 is 46.6. The maximum atomic E-state index is 13.1. The van der Waals surface area contributed by atoms with Crippen molar-refractivity contribution < 1.29 is 76.6 Å². The molecule has 0 aliphatic carbocycles. The van der Waals surface area contributed by atoms with Crippen LogP contribution in [0, 0.1) is 0 Å². The van der Waals surface area contributed by atoms with E-state index in [0.717, 1.165) is 82.3 Å². The Hall–Kier alpha value is -14.8. The molecule has 0 aliphatic rings. The van der Waals surface area contributed by atoms with Crippen molar-refractivity contribution in [3.8, 4) is 57.1 Å². The third-order valence-electron chi connectivity index (χ3n) is 19.8. The molecule has 0 bridgehead atoms. The monoisotopic (exact) mass is 1800 g/mol. The number of anilines is 5. The Morgan fingerprint density at radius 3 is 1.21 bits per heavy atom. The van der Waals surface area contributed by atoms with Crippen LogP contribution in [0.1, 0.15) is 84.9 Å². The van der Waals surface area contributed by atoms with E-state index >= 15 is 0 Å². The number of nitrogens with one attached hydrogen (secondary N) is 5. The normalized spacial score (nSPS) is 10.7. The zero-order chi connectivity index (χ0) is 89.6. The van der Waals surface area contributed by atoms with E-state index in [1.165, 1.54) is 31.4 Å². The number of hydrogen-bond acceptors (Lipinski definition) is 16. The number of carbonyl (C=O) groups excluding carboxylic acids is 6. The number of fused-ring (bicyclic) bond motifs is 5. The van der Waals surface area contributed by atoms with Crippen molar-refractivity contribution in [1.82, 2.24) is 0 Å². The summed E-state index contributed by atoms with van der Waals surface area (Å²) in [7, 11) is 1.08. The van der Waals surface area contributed by atoms with Crippen molar-refractivity contribution >= 4 is 167 Å². The first kappa shape index (κ1) is 90.5. The Bertz CT molecular complexity index is 6880. The summed E-state index contributed by atoms with van der Waals surface area (Å²) in [5.74, 6) is -1.20. The molecule has 16 aromatic carbocycles. The number of aromatic hydroxyl groups is 4. The van der Waals surface area contributed by atoms with Gasteiger partial charge in [-0.2, -0.15) is 0 Å². The lowest BCUT2D eigenvalue weighted by molar-refractivity contribution is -0.134. The number of amides is 5. The van der Waals surface area contributed by atoms with E-state index in [1.54, 1.807) is 142 Å². The van der Waals surface area contributed by atoms with Crippen LogP contribution in [0.2, 0.25) is 10.0 Å². The summed E-state index contributed by atoms with van der Waals surface area (Å²) in [6, 6.07) is 92.8. The molecule has 21 nitrogen and oxygen atoms in total. The molecule has 5 amide bonds. The number of phenols is 4. The van der Waals surface area contributed by atoms with Gasteiger partial charge < -0.3 is 66.0 Å². The predicted molar refractivity (Wildman–Crippen MR) is 504 cm³/mol.